The third kappa shape index (κ3) is 7.88. The van der Waals surface area contributed by atoms with Crippen molar-refractivity contribution in [1.82, 2.24) is 0 Å². The molecule has 0 rings (SSSR count). The van der Waals surface area contributed by atoms with Gasteiger partial charge in [-0.3, -0.25) is 0 Å². The second-order valence-corrected chi connectivity index (χ2v) is 2.47. The molecule has 0 aromatic rings. The number of hydrogen-bond acceptors (Lipinski definition) is 2. The van der Waals surface area contributed by atoms with Gasteiger partial charge in [0.15, 0.2) is 0 Å². The van der Waals surface area contributed by atoms with Crippen LogP contribution in [0.1, 0.15) is 14.6 Å². The highest BCUT2D eigenvalue weighted by Gasteiger charge is 2.04. The van der Waals surface area contributed by atoms with E-state index in [1.54, 1.807) is 0 Å². The molecule has 9 heavy (non-hydrogen) atoms. The van der Waals surface area contributed by atoms with Crippen molar-refractivity contribution in [2.75, 3.05) is 34.2 Å². The van der Waals surface area contributed by atoms with Gasteiger partial charge in [0.1, 0.15) is 0 Å². The van der Waals surface area contributed by atoms with E-state index in [1.807, 2.05) is 0 Å². The summed E-state index contributed by atoms with van der Waals surface area (Å²) in [5.74, 6) is 4.64. The fourth-order valence-corrected chi connectivity index (χ4v) is 0.220. The zero-order valence-corrected chi connectivity index (χ0v) is 5.93. The van der Waals surface area contributed by atoms with E-state index in [0.717, 1.165) is 0 Å². The van der Waals surface area contributed by atoms with Crippen LogP contribution in [0.5, 0.6) is 0 Å². The predicted molar refractivity (Wildman–Crippen MR) is 37.7 cm³/mol. The molecule has 0 atom stereocenters. The second kappa shape index (κ2) is 3.82. The molecule has 3 nitrogen and oxygen atoms in total. The number of quaternary nitrogens is 1. The molecule has 0 fully saturated rings. The summed E-state index contributed by atoms with van der Waals surface area (Å²) in [6.45, 7) is -5.39. The predicted octanol–water partition coefficient (Wildman–Crippen LogP) is -0.0270. The molecule has 3 heteroatoms. The van der Waals surface area contributed by atoms with Crippen LogP contribution < -0.4 is 5.90 Å². The van der Waals surface area contributed by atoms with Crippen molar-refractivity contribution < 1.29 is 17.5 Å². The Bertz CT molecular complexity index is 236. The Morgan fingerprint density at radius 1 is 1.56 bits per heavy atom. The fraction of sp³-hybridized carbons (Fsp3) is 1.00. The zero-order valence-electron chi connectivity index (χ0n) is 11.9. The van der Waals surface area contributed by atoms with Crippen molar-refractivity contribution in [2.24, 2.45) is 5.90 Å². The first-order valence-corrected chi connectivity index (χ1v) is 2.51. The lowest BCUT2D eigenvalue weighted by Crippen LogP contribution is -2.35. The second-order valence-electron chi connectivity index (χ2n) is 2.47. The molecule has 0 saturated heterocycles. The Balaban J connectivity index is 5.38. The van der Waals surface area contributed by atoms with E-state index in [1.165, 1.54) is 21.1 Å². The molecular weight excluding hydrogens is 116 g/mol. The van der Waals surface area contributed by atoms with Gasteiger partial charge in [0.05, 0.1) is 39.7 Å². The van der Waals surface area contributed by atoms with Crippen LogP contribution >= 0.6 is 0 Å². The highest BCUT2D eigenvalue weighted by atomic mass is 16.6. The van der Waals surface area contributed by atoms with Crippen LogP contribution in [0, 0.1) is 0 Å². The van der Waals surface area contributed by atoms with Gasteiger partial charge in [-0.2, -0.15) is 0 Å². The Hall–Kier alpha value is -0.120. The Morgan fingerprint density at radius 3 is 2.44 bits per heavy atom. The van der Waals surface area contributed by atoms with Gasteiger partial charge in [-0.1, -0.05) is 0 Å². The molecule has 0 spiro atoms. The molecule has 0 aromatic heterocycles. The maximum absolute atomic E-state index is 7.63. The molecule has 0 aromatic carbocycles. The number of nitrogens with zero attached hydrogens (tertiary/aromatic N) is 1. The van der Waals surface area contributed by atoms with Crippen LogP contribution in [0.3, 0.4) is 0 Å². The van der Waals surface area contributed by atoms with Gasteiger partial charge in [-0.05, 0) is 0 Å². The van der Waals surface area contributed by atoms with Gasteiger partial charge in [0.2, 0.25) is 0 Å². The summed E-state index contributed by atoms with van der Waals surface area (Å²) in [6.07, 6.45) is -2.88. The van der Waals surface area contributed by atoms with Gasteiger partial charge in [-0.25, -0.2) is 5.90 Å². The van der Waals surface area contributed by atoms with Crippen LogP contribution in [-0.2, 0) is 4.84 Å². The van der Waals surface area contributed by atoms with E-state index in [2.05, 4.69) is 10.7 Å². The molecule has 0 amide bonds. The molecule has 0 bridgehead atoms. The summed E-state index contributed by atoms with van der Waals surface area (Å²) < 4.78 is 44.2. The molecule has 0 aliphatic heterocycles. The molecule has 0 aliphatic rings. The average molecular weight is 139 g/mol. The number of hydrogen-bond donors (Lipinski definition) is 1. The summed E-state index contributed by atoms with van der Waals surface area (Å²) in [7, 11) is 4.26. The fourth-order valence-electron chi connectivity index (χ4n) is 0.220. The van der Waals surface area contributed by atoms with Crippen LogP contribution in [0.25, 0.3) is 0 Å². The third-order valence-corrected chi connectivity index (χ3v) is 0.501. The molecule has 56 valence electrons. The van der Waals surface area contributed by atoms with Crippen LogP contribution in [0.4, 0.5) is 0 Å². The van der Waals surface area contributed by atoms with Gasteiger partial charge >= 0.3 is 0 Å². The maximum atomic E-state index is 7.63. The summed E-state index contributed by atoms with van der Waals surface area (Å²) >= 11 is 0. The zero-order chi connectivity index (χ0) is 12.7. The lowest BCUT2D eigenvalue weighted by atomic mass is 10.4. The summed E-state index contributed by atoms with van der Waals surface area (Å²) in [5.41, 5.74) is 0. The van der Waals surface area contributed by atoms with Crippen LogP contribution in [0.15, 0.2) is 0 Å². The number of nitrogens with two attached hydrogens (primary N) is 1. The van der Waals surface area contributed by atoms with Gasteiger partial charge in [0, 0.05) is 9.11 Å². The quantitative estimate of drug-likeness (QED) is 0.438. The lowest BCUT2D eigenvalue weighted by molar-refractivity contribution is -0.870. The van der Waals surface area contributed by atoms with E-state index in [0.29, 0.717) is 0 Å². The highest BCUT2D eigenvalue weighted by Crippen LogP contribution is 1.91. The molecule has 0 heterocycles. The first-order chi connectivity index (χ1) is 6.31. The van der Waals surface area contributed by atoms with Crippen LogP contribution in [-0.4, -0.2) is 38.7 Å². The molecule has 0 unspecified atom stereocenters. The number of rotatable bonds is 4. The van der Waals surface area contributed by atoms with E-state index in [4.69, 9.17) is 8.22 Å². The van der Waals surface area contributed by atoms with Crippen molar-refractivity contribution in [3.05, 3.63) is 0 Å². The summed E-state index contributed by atoms with van der Waals surface area (Å²) in [6, 6.07) is 0. The first kappa shape index (κ1) is 2.86. The van der Waals surface area contributed by atoms with Gasteiger partial charge < -0.3 is 9.32 Å². The molecular formula is C6H17N2O+. The summed E-state index contributed by atoms with van der Waals surface area (Å²) in [4.78, 5) is 3.89. The molecule has 2 N–H and O–H groups in total. The standard InChI is InChI=1S/C6H17N2O/c1-8(2,3)5-4-6-9-7/h4-7H2,1-3H3/q+1/i4D2,5D2,6D2. The molecule has 0 aliphatic carbocycles. The Morgan fingerprint density at radius 2 is 2.11 bits per heavy atom. The van der Waals surface area contributed by atoms with Gasteiger partial charge in [0.25, 0.3) is 0 Å². The van der Waals surface area contributed by atoms with Crippen molar-refractivity contribution in [3.63, 3.8) is 0 Å². The normalized spacial score (nSPS) is 26.7. The first-order valence-electron chi connectivity index (χ1n) is 5.51. The Labute approximate surface area is 65.4 Å². The van der Waals surface area contributed by atoms with Crippen molar-refractivity contribution >= 4 is 0 Å². The summed E-state index contributed by atoms with van der Waals surface area (Å²) in [5, 5.41) is 0. The largest absolute Gasteiger partial charge is 0.331 e. The van der Waals surface area contributed by atoms with Gasteiger partial charge in [-0.15, -0.1) is 0 Å². The minimum Gasteiger partial charge on any atom is -0.331 e. The Kier molecular flexibility index (Phi) is 1.22. The highest BCUT2D eigenvalue weighted by molar-refractivity contribution is 4.30. The van der Waals surface area contributed by atoms with E-state index >= 15 is 0 Å². The average Bonchev–Trinajstić information content (AvgIpc) is 2.01. The minimum atomic E-state index is -2.90. The SMILES string of the molecule is [2H]C([2H])(ON)C([2H])([2H])C([2H])([2H])[N+](C)(C)C. The smallest absolute Gasteiger partial charge is 0.0925 e. The monoisotopic (exact) mass is 139 g/mol. The minimum absolute atomic E-state index is 0.414. The van der Waals surface area contributed by atoms with E-state index < -0.39 is 23.9 Å². The van der Waals surface area contributed by atoms with E-state index in [-0.39, 0.29) is 0 Å². The topological polar surface area (TPSA) is 35.2 Å². The molecule has 0 saturated carbocycles. The van der Waals surface area contributed by atoms with E-state index in [9.17, 15) is 0 Å². The molecule has 0 radical (unpaired) electrons. The third-order valence-electron chi connectivity index (χ3n) is 0.501. The van der Waals surface area contributed by atoms with Crippen molar-refractivity contribution in [2.45, 2.75) is 6.37 Å². The van der Waals surface area contributed by atoms with Crippen LogP contribution in [0.2, 0.25) is 0 Å². The van der Waals surface area contributed by atoms with Crippen molar-refractivity contribution in [3.8, 4) is 0 Å². The van der Waals surface area contributed by atoms with Crippen molar-refractivity contribution in [1.29, 1.82) is 0 Å². The lowest BCUT2D eigenvalue weighted by Gasteiger charge is -2.23. The maximum Gasteiger partial charge on any atom is 0.0925 e.